The number of aliphatic carboxylic acids is 1. The molecule has 4 atom stereocenters. The quantitative estimate of drug-likeness (QED) is 0.361. The average molecular weight is 521 g/mol. The number of hydrogen-bond acceptors (Lipinski definition) is 5. The van der Waals surface area contributed by atoms with Crippen molar-refractivity contribution in [3.8, 4) is 0 Å². The normalized spacial score (nSPS) is 19.5. The van der Waals surface area contributed by atoms with Crippen molar-refractivity contribution < 1.29 is 24.3 Å². The van der Waals surface area contributed by atoms with Gasteiger partial charge in [-0.1, -0.05) is 36.4 Å². The van der Waals surface area contributed by atoms with E-state index in [1.807, 2.05) is 48.7 Å². The molecule has 2 aromatic carbocycles. The fourth-order valence-corrected chi connectivity index (χ4v) is 5.76. The molecule has 2 aliphatic rings. The van der Waals surface area contributed by atoms with Crippen LogP contribution < -0.4 is 10.6 Å². The number of fused-ring (bicyclic) bond motifs is 7. The number of carbonyl (C=O) groups is 4. The second kappa shape index (κ2) is 9.93. The Bertz CT molecular complexity index is 1400. The molecule has 0 fully saturated rings. The van der Waals surface area contributed by atoms with E-state index in [1.54, 1.807) is 11.0 Å². The maximum atomic E-state index is 13.8. The molecule has 1 aromatic heterocycles. The van der Waals surface area contributed by atoms with E-state index in [0.717, 1.165) is 27.7 Å². The van der Waals surface area contributed by atoms with Crippen LogP contribution in [0.4, 0.5) is 0 Å². The number of nitrogens with one attached hydrogen (secondary N) is 3. The SMILES string of the molecule is CSCC[C@H](NC(=O)[C@@H]1Cc2c([nH]c3ccccc23)C2c3ccccc3C(=O)N21)C(=O)N[C@@H](C)C(=O)O. The Labute approximate surface area is 218 Å². The van der Waals surface area contributed by atoms with E-state index in [-0.39, 0.29) is 5.91 Å². The second-order valence-electron chi connectivity index (χ2n) is 9.40. The lowest BCUT2D eigenvalue weighted by atomic mass is 9.89. The van der Waals surface area contributed by atoms with Crippen LogP contribution in [0.2, 0.25) is 0 Å². The third kappa shape index (κ3) is 4.35. The fraction of sp³-hybridized carbons (Fsp3) is 0.333. The molecular weight excluding hydrogens is 492 g/mol. The zero-order valence-corrected chi connectivity index (χ0v) is 21.3. The molecular formula is C27H28N4O5S. The maximum Gasteiger partial charge on any atom is 0.325 e. The summed E-state index contributed by atoms with van der Waals surface area (Å²) < 4.78 is 0. The molecule has 0 aliphatic carbocycles. The molecule has 4 N–H and O–H groups in total. The van der Waals surface area contributed by atoms with Gasteiger partial charge in [-0.25, -0.2) is 0 Å². The van der Waals surface area contributed by atoms with Crippen molar-refractivity contribution in [1.82, 2.24) is 20.5 Å². The smallest absolute Gasteiger partial charge is 0.325 e. The minimum absolute atomic E-state index is 0.227. The standard InChI is InChI=1S/C27H28N4O5S/c1-14(27(35)36)28-24(32)20(11-12-37-2)30-25(33)21-13-18-15-7-5-6-10-19(15)29-22(18)23-16-8-3-4-9-17(16)26(34)31(21)23/h3-10,14,20-21,23,29H,11-13H2,1-2H3,(H,28,32)(H,30,33)(H,35,36)/t14-,20-,21-,23?/m0/s1. The number of hydrogen-bond donors (Lipinski definition) is 4. The topological polar surface area (TPSA) is 132 Å². The van der Waals surface area contributed by atoms with Crippen molar-refractivity contribution in [1.29, 1.82) is 0 Å². The van der Waals surface area contributed by atoms with Gasteiger partial charge >= 0.3 is 5.97 Å². The highest BCUT2D eigenvalue weighted by molar-refractivity contribution is 7.98. The zero-order valence-electron chi connectivity index (χ0n) is 20.5. The molecule has 3 heterocycles. The van der Waals surface area contributed by atoms with Crippen molar-refractivity contribution in [3.05, 3.63) is 70.9 Å². The number of carbonyl (C=O) groups excluding carboxylic acids is 3. The predicted molar refractivity (Wildman–Crippen MR) is 140 cm³/mol. The number of aromatic nitrogens is 1. The van der Waals surface area contributed by atoms with Gasteiger partial charge in [-0.3, -0.25) is 19.2 Å². The molecule has 10 heteroatoms. The number of benzene rings is 2. The Morgan fingerprint density at radius 1 is 1.14 bits per heavy atom. The first-order valence-corrected chi connectivity index (χ1v) is 13.5. The summed E-state index contributed by atoms with van der Waals surface area (Å²) in [5.74, 6) is -1.80. The molecule has 0 saturated carbocycles. The number of aromatic amines is 1. The maximum absolute atomic E-state index is 13.8. The molecule has 37 heavy (non-hydrogen) atoms. The molecule has 0 saturated heterocycles. The summed E-state index contributed by atoms with van der Waals surface area (Å²) in [4.78, 5) is 56.6. The van der Waals surface area contributed by atoms with Crippen LogP contribution in [0, 0.1) is 0 Å². The Hall–Kier alpha value is -3.79. The first-order chi connectivity index (χ1) is 17.8. The number of carboxylic acid groups (broad SMARTS) is 1. The lowest BCUT2D eigenvalue weighted by Gasteiger charge is -2.37. The summed E-state index contributed by atoms with van der Waals surface area (Å²) in [6, 6.07) is 11.9. The van der Waals surface area contributed by atoms with Crippen molar-refractivity contribution in [2.45, 2.75) is 43.9 Å². The summed E-state index contributed by atoms with van der Waals surface area (Å²) in [6.07, 6.45) is 2.51. The highest BCUT2D eigenvalue weighted by Crippen LogP contribution is 2.46. The summed E-state index contributed by atoms with van der Waals surface area (Å²) in [5, 5.41) is 15.5. The van der Waals surface area contributed by atoms with Gasteiger partial charge in [0.15, 0.2) is 0 Å². The van der Waals surface area contributed by atoms with Crippen LogP contribution in [0.15, 0.2) is 48.5 Å². The van der Waals surface area contributed by atoms with Crippen LogP contribution >= 0.6 is 11.8 Å². The molecule has 3 aromatic rings. The van der Waals surface area contributed by atoms with Crippen LogP contribution in [-0.4, -0.2) is 68.8 Å². The molecule has 5 rings (SSSR count). The minimum Gasteiger partial charge on any atom is -0.480 e. The van der Waals surface area contributed by atoms with E-state index in [2.05, 4.69) is 15.6 Å². The number of rotatable bonds is 8. The van der Waals surface area contributed by atoms with Crippen LogP contribution in [-0.2, 0) is 20.8 Å². The van der Waals surface area contributed by atoms with Gasteiger partial charge in [0.25, 0.3) is 5.91 Å². The first kappa shape index (κ1) is 24.9. The zero-order chi connectivity index (χ0) is 26.3. The summed E-state index contributed by atoms with van der Waals surface area (Å²) in [5.41, 5.74) is 4.21. The van der Waals surface area contributed by atoms with Crippen LogP contribution in [0.3, 0.4) is 0 Å². The molecule has 3 amide bonds. The van der Waals surface area contributed by atoms with E-state index in [4.69, 9.17) is 0 Å². The number of para-hydroxylation sites is 1. The fourth-order valence-electron chi connectivity index (χ4n) is 5.29. The number of carboxylic acids is 1. The van der Waals surface area contributed by atoms with Crippen molar-refractivity contribution in [3.63, 3.8) is 0 Å². The van der Waals surface area contributed by atoms with Crippen LogP contribution in [0.25, 0.3) is 10.9 Å². The van der Waals surface area contributed by atoms with Gasteiger partial charge in [-0.05, 0) is 48.6 Å². The van der Waals surface area contributed by atoms with Crippen LogP contribution in [0.1, 0.15) is 46.6 Å². The van der Waals surface area contributed by atoms with Gasteiger partial charge in [-0.15, -0.1) is 0 Å². The lowest BCUT2D eigenvalue weighted by molar-refractivity contribution is -0.141. The van der Waals surface area contributed by atoms with E-state index < -0.39 is 42.0 Å². The number of H-pyrrole nitrogens is 1. The largest absolute Gasteiger partial charge is 0.480 e. The molecule has 0 radical (unpaired) electrons. The van der Waals surface area contributed by atoms with Gasteiger partial charge in [0.2, 0.25) is 11.8 Å². The van der Waals surface area contributed by atoms with Gasteiger partial charge in [0, 0.05) is 28.6 Å². The van der Waals surface area contributed by atoms with Gasteiger partial charge in [-0.2, -0.15) is 11.8 Å². The molecule has 2 aliphatic heterocycles. The predicted octanol–water partition coefficient (Wildman–Crippen LogP) is 2.46. The summed E-state index contributed by atoms with van der Waals surface area (Å²) in [7, 11) is 0. The van der Waals surface area contributed by atoms with E-state index >= 15 is 0 Å². The first-order valence-electron chi connectivity index (χ1n) is 12.1. The summed E-state index contributed by atoms with van der Waals surface area (Å²) in [6.45, 7) is 1.37. The van der Waals surface area contributed by atoms with Crippen molar-refractivity contribution >= 4 is 46.4 Å². The third-order valence-electron chi connectivity index (χ3n) is 7.13. The number of thioether (sulfide) groups is 1. The highest BCUT2D eigenvalue weighted by Gasteiger charge is 2.49. The van der Waals surface area contributed by atoms with E-state index in [1.165, 1.54) is 18.7 Å². The Morgan fingerprint density at radius 3 is 2.62 bits per heavy atom. The Kier molecular flexibility index (Phi) is 6.68. The van der Waals surface area contributed by atoms with Crippen LogP contribution in [0.5, 0.6) is 0 Å². The van der Waals surface area contributed by atoms with Gasteiger partial charge in [0.05, 0.1) is 6.04 Å². The monoisotopic (exact) mass is 520 g/mol. The van der Waals surface area contributed by atoms with Crippen molar-refractivity contribution in [2.75, 3.05) is 12.0 Å². The third-order valence-corrected chi connectivity index (χ3v) is 7.77. The summed E-state index contributed by atoms with van der Waals surface area (Å²) >= 11 is 1.52. The van der Waals surface area contributed by atoms with E-state index in [9.17, 15) is 24.3 Å². The van der Waals surface area contributed by atoms with Crippen molar-refractivity contribution in [2.24, 2.45) is 0 Å². The minimum atomic E-state index is -1.16. The second-order valence-corrected chi connectivity index (χ2v) is 10.4. The van der Waals surface area contributed by atoms with Gasteiger partial charge < -0.3 is 25.6 Å². The molecule has 0 bridgehead atoms. The number of amides is 3. The Morgan fingerprint density at radius 2 is 1.86 bits per heavy atom. The number of nitrogens with zero attached hydrogens (tertiary/aromatic N) is 1. The highest BCUT2D eigenvalue weighted by atomic mass is 32.2. The van der Waals surface area contributed by atoms with E-state index in [0.29, 0.717) is 24.2 Å². The molecule has 192 valence electrons. The molecule has 9 nitrogen and oxygen atoms in total. The Balaban J connectivity index is 1.50. The molecule has 0 spiro atoms. The average Bonchev–Trinajstić information content (AvgIpc) is 3.41. The lowest BCUT2D eigenvalue weighted by Crippen LogP contribution is -2.57. The molecule has 1 unspecified atom stereocenters. The van der Waals surface area contributed by atoms with Gasteiger partial charge in [0.1, 0.15) is 18.1 Å².